The fourth-order valence-corrected chi connectivity index (χ4v) is 3.66. The molecule has 1 aromatic heterocycles. The van der Waals surface area contributed by atoms with Gasteiger partial charge in [0.2, 0.25) is 5.88 Å². The van der Waals surface area contributed by atoms with Crippen LogP contribution in [0.3, 0.4) is 0 Å². The lowest BCUT2D eigenvalue weighted by molar-refractivity contribution is 0.109. The molecule has 0 radical (unpaired) electrons. The number of halogens is 3. The zero-order valence-electron chi connectivity index (χ0n) is 15.9. The van der Waals surface area contributed by atoms with Crippen molar-refractivity contribution in [3.63, 3.8) is 0 Å². The zero-order chi connectivity index (χ0) is 21.1. The molecule has 3 aromatic rings. The first-order valence-corrected chi connectivity index (χ1v) is 10.3. The lowest BCUT2D eigenvalue weighted by atomic mass is 10.0. The SMILES string of the molecule is Cc1ccc(C[C@@H]2CON=C(c3cc(Cl)nnc3Oc3cccc(Cl)c3)N2)c(Cl)c1. The first kappa shape index (κ1) is 20.7. The third kappa shape index (κ3) is 4.95. The van der Waals surface area contributed by atoms with Crippen LogP contribution >= 0.6 is 34.8 Å². The van der Waals surface area contributed by atoms with Gasteiger partial charge in [0.05, 0.1) is 11.6 Å². The summed E-state index contributed by atoms with van der Waals surface area (Å²) < 4.78 is 5.87. The van der Waals surface area contributed by atoms with E-state index in [2.05, 4.69) is 20.7 Å². The molecule has 0 spiro atoms. The average Bonchev–Trinajstić information content (AvgIpc) is 2.72. The molecule has 1 atom stereocenters. The topological polar surface area (TPSA) is 68.6 Å². The largest absolute Gasteiger partial charge is 0.437 e. The Hall–Kier alpha value is -2.54. The van der Waals surface area contributed by atoms with Gasteiger partial charge >= 0.3 is 0 Å². The van der Waals surface area contributed by atoms with Gasteiger partial charge in [0.25, 0.3) is 0 Å². The number of nitrogens with one attached hydrogen (secondary N) is 1. The minimum absolute atomic E-state index is 0.0522. The molecule has 0 aliphatic carbocycles. The van der Waals surface area contributed by atoms with Gasteiger partial charge in [-0.3, -0.25) is 0 Å². The van der Waals surface area contributed by atoms with Crippen LogP contribution in [-0.4, -0.2) is 28.7 Å². The van der Waals surface area contributed by atoms with Gasteiger partial charge in [-0.15, -0.1) is 10.2 Å². The van der Waals surface area contributed by atoms with Crippen molar-refractivity contribution in [1.29, 1.82) is 0 Å². The van der Waals surface area contributed by atoms with E-state index in [0.29, 0.717) is 35.2 Å². The lowest BCUT2D eigenvalue weighted by Crippen LogP contribution is -2.43. The maximum atomic E-state index is 6.39. The van der Waals surface area contributed by atoms with Crippen molar-refractivity contribution >= 4 is 40.6 Å². The molecular weight excluding hydrogens is 447 g/mol. The molecule has 2 aromatic carbocycles. The number of hydrogen-bond donors (Lipinski definition) is 1. The fourth-order valence-electron chi connectivity index (χ4n) is 3.02. The summed E-state index contributed by atoms with van der Waals surface area (Å²) in [6, 6.07) is 14.5. The second-order valence-electron chi connectivity index (χ2n) is 6.82. The highest BCUT2D eigenvalue weighted by Gasteiger charge is 2.24. The summed E-state index contributed by atoms with van der Waals surface area (Å²) in [7, 11) is 0. The summed E-state index contributed by atoms with van der Waals surface area (Å²) in [5.41, 5.74) is 2.65. The fraction of sp³-hybridized carbons (Fsp3) is 0.190. The van der Waals surface area contributed by atoms with E-state index in [4.69, 9.17) is 44.4 Å². The Morgan fingerprint density at radius 1 is 1.10 bits per heavy atom. The van der Waals surface area contributed by atoms with Crippen molar-refractivity contribution in [2.24, 2.45) is 5.16 Å². The molecule has 0 bridgehead atoms. The Labute approximate surface area is 188 Å². The van der Waals surface area contributed by atoms with E-state index in [9.17, 15) is 0 Å². The molecule has 2 heterocycles. The Bertz CT molecular complexity index is 1110. The Morgan fingerprint density at radius 2 is 1.97 bits per heavy atom. The maximum Gasteiger partial charge on any atom is 0.250 e. The predicted octanol–water partition coefficient (Wildman–Crippen LogP) is 5.43. The van der Waals surface area contributed by atoms with Crippen LogP contribution in [0, 0.1) is 6.92 Å². The predicted molar refractivity (Wildman–Crippen MR) is 118 cm³/mol. The number of hydrogen-bond acceptors (Lipinski definition) is 6. The number of benzene rings is 2. The summed E-state index contributed by atoms with van der Waals surface area (Å²) >= 11 is 18.5. The van der Waals surface area contributed by atoms with Crippen LogP contribution in [0.15, 0.2) is 53.7 Å². The maximum absolute atomic E-state index is 6.39. The molecule has 0 unspecified atom stereocenters. The van der Waals surface area contributed by atoms with Crippen molar-refractivity contribution in [1.82, 2.24) is 15.5 Å². The molecule has 0 saturated heterocycles. The molecule has 9 heteroatoms. The van der Waals surface area contributed by atoms with Crippen molar-refractivity contribution in [2.45, 2.75) is 19.4 Å². The van der Waals surface area contributed by atoms with Crippen LogP contribution in [0.25, 0.3) is 0 Å². The first-order chi connectivity index (χ1) is 14.5. The molecule has 1 N–H and O–H groups in total. The summed E-state index contributed by atoms with van der Waals surface area (Å²) in [6.45, 7) is 2.40. The van der Waals surface area contributed by atoms with Gasteiger partial charge in [0, 0.05) is 10.0 Å². The second-order valence-corrected chi connectivity index (χ2v) is 8.05. The second kappa shape index (κ2) is 9.08. The number of aromatic nitrogens is 2. The average molecular weight is 464 g/mol. The van der Waals surface area contributed by atoms with Gasteiger partial charge in [-0.2, -0.15) is 0 Å². The highest BCUT2D eigenvalue weighted by molar-refractivity contribution is 6.31. The Kier molecular flexibility index (Phi) is 6.27. The van der Waals surface area contributed by atoms with Gasteiger partial charge in [-0.05, 0) is 54.8 Å². The first-order valence-electron chi connectivity index (χ1n) is 9.16. The molecular formula is C21H17Cl3N4O2. The quantitative estimate of drug-likeness (QED) is 0.546. The van der Waals surface area contributed by atoms with E-state index in [-0.39, 0.29) is 17.1 Å². The van der Waals surface area contributed by atoms with Crippen LogP contribution in [0.5, 0.6) is 11.6 Å². The van der Waals surface area contributed by atoms with Crippen molar-refractivity contribution in [3.05, 3.63) is 80.4 Å². The third-order valence-corrected chi connectivity index (χ3v) is 5.21. The van der Waals surface area contributed by atoms with E-state index in [1.807, 2.05) is 25.1 Å². The van der Waals surface area contributed by atoms with E-state index in [1.54, 1.807) is 30.3 Å². The zero-order valence-corrected chi connectivity index (χ0v) is 18.2. The molecule has 154 valence electrons. The molecule has 6 nitrogen and oxygen atoms in total. The lowest BCUT2D eigenvalue weighted by Gasteiger charge is -2.25. The van der Waals surface area contributed by atoms with Crippen LogP contribution < -0.4 is 10.1 Å². The van der Waals surface area contributed by atoms with Crippen LogP contribution in [-0.2, 0) is 11.3 Å². The van der Waals surface area contributed by atoms with E-state index < -0.39 is 0 Å². The molecule has 0 amide bonds. The molecule has 1 aliphatic heterocycles. The molecule has 4 rings (SSSR count). The highest BCUT2D eigenvalue weighted by atomic mass is 35.5. The van der Waals surface area contributed by atoms with Crippen LogP contribution in [0.2, 0.25) is 15.2 Å². The van der Waals surface area contributed by atoms with Gasteiger partial charge in [-0.1, -0.05) is 58.2 Å². The Morgan fingerprint density at radius 3 is 2.77 bits per heavy atom. The normalized spacial score (nSPS) is 15.7. The summed E-state index contributed by atoms with van der Waals surface area (Å²) in [5, 5.41) is 16.9. The summed E-state index contributed by atoms with van der Waals surface area (Å²) in [5.74, 6) is 1.19. The smallest absolute Gasteiger partial charge is 0.250 e. The van der Waals surface area contributed by atoms with E-state index in [0.717, 1.165) is 16.1 Å². The number of rotatable bonds is 5. The summed E-state index contributed by atoms with van der Waals surface area (Å²) in [4.78, 5) is 5.46. The van der Waals surface area contributed by atoms with E-state index >= 15 is 0 Å². The van der Waals surface area contributed by atoms with Gasteiger partial charge < -0.3 is 14.9 Å². The van der Waals surface area contributed by atoms with Crippen molar-refractivity contribution in [3.8, 4) is 11.6 Å². The van der Waals surface area contributed by atoms with Gasteiger partial charge in [0.15, 0.2) is 11.0 Å². The van der Waals surface area contributed by atoms with Crippen LogP contribution in [0.1, 0.15) is 16.7 Å². The van der Waals surface area contributed by atoms with Gasteiger partial charge in [0.1, 0.15) is 12.4 Å². The highest BCUT2D eigenvalue weighted by Crippen LogP contribution is 2.27. The monoisotopic (exact) mass is 462 g/mol. The summed E-state index contributed by atoms with van der Waals surface area (Å²) in [6.07, 6.45) is 0.662. The number of amidine groups is 1. The number of aryl methyl sites for hydroxylation is 1. The Balaban J connectivity index is 1.57. The van der Waals surface area contributed by atoms with Crippen molar-refractivity contribution in [2.75, 3.05) is 6.61 Å². The molecule has 30 heavy (non-hydrogen) atoms. The van der Waals surface area contributed by atoms with Crippen LogP contribution in [0.4, 0.5) is 0 Å². The number of nitrogens with zero attached hydrogens (tertiary/aromatic N) is 3. The number of oxime groups is 1. The molecule has 1 aliphatic rings. The molecule has 0 saturated carbocycles. The van der Waals surface area contributed by atoms with E-state index in [1.165, 1.54) is 0 Å². The molecule has 0 fully saturated rings. The van der Waals surface area contributed by atoms with Gasteiger partial charge in [-0.25, -0.2) is 0 Å². The standard InChI is InChI=1S/C21H17Cl3N4O2/c1-12-5-6-13(18(23)7-12)8-15-11-29-28-20(25-15)17-10-19(24)26-27-21(17)30-16-4-2-3-14(22)9-16/h2-7,9-10,15H,8,11H2,1H3,(H,25,28)/t15-/m1/s1. The minimum Gasteiger partial charge on any atom is -0.437 e. The third-order valence-electron chi connectivity index (χ3n) is 4.44. The van der Waals surface area contributed by atoms with Crippen molar-refractivity contribution < 1.29 is 9.57 Å². The number of ether oxygens (including phenoxy) is 1. The minimum atomic E-state index is -0.0522.